The van der Waals surface area contributed by atoms with Crippen molar-refractivity contribution in [3.05, 3.63) is 77.5 Å². The predicted octanol–water partition coefficient (Wildman–Crippen LogP) is 3.72. The molecule has 1 aliphatic heterocycles. The summed E-state index contributed by atoms with van der Waals surface area (Å²) in [5.74, 6) is 0.0745. The van der Waals surface area contributed by atoms with E-state index < -0.39 is 0 Å². The number of rotatable bonds is 3. The Balaban J connectivity index is 1.44. The fraction of sp³-hybridized carbons (Fsp3) is 0.261. The summed E-state index contributed by atoms with van der Waals surface area (Å²) in [6.45, 7) is 7.14. The quantitative estimate of drug-likeness (QED) is 0.703. The molecule has 0 unspecified atom stereocenters. The molecule has 1 aliphatic rings. The Hall–Kier alpha value is -3.21. The Kier molecular flexibility index (Phi) is 5.06. The average molecular weight is 372 g/mol. The van der Waals surface area contributed by atoms with E-state index in [1.807, 2.05) is 48.2 Å². The minimum absolute atomic E-state index is 0.0745. The van der Waals surface area contributed by atoms with Crippen LogP contribution in [-0.4, -0.2) is 47.2 Å². The molecule has 3 aromatic rings. The zero-order valence-electron chi connectivity index (χ0n) is 16.3. The SMILES string of the molecule is Cc1ccc(N2CCN(C(=O)c3cccc(-c4ccc(C)nn4)c3)CC2)cc1. The molecule has 2 aromatic carbocycles. The second-order valence-corrected chi connectivity index (χ2v) is 7.26. The van der Waals surface area contributed by atoms with Crippen LogP contribution in [0.15, 0.2) is 60.7 Å². The zero-order valence-corrected chi connectivity index (χ0v) is 16.3. The van der Waals surface area contributed by atoms with Crippen molar-refractivity contribution in [2.24, 2.45) is 0 Å². The first-order valence-corrected chi connectivity index (χ1v) is 9.62. The highest BCUT2D eigenvalue weighted by Gasteiger charge is 2.22. The molecular formula is C23H24N4O. The number of aromatic nitrogens is 2. The molecule has 1 fully saturated rings. The van der Waals surface area contributed by atoms with Gasteiger partial charge in [0.2, 0.25) is 0 Å². The van der Waals surface area contributed by atoms with Gasteiger partial charge >= 0.3 is 0 Å². The molecule has 1 amide bonds. The number of hydrogen-bond donors (Lipinski definition) is 0. The highest BCUT2D eigenvalue weighted by molar-refractivity contribution is 5.95. The van der Waals surface area contributed by atoms with Crippen LogP contribution in [0, 0.1) is 13.8 Å². The summed E-state index contributed by atoms with van der Waals surface area (Å²) in [6, 6.07) is 20.1. The van der Waals surface area contributed by atoms with E-state index in [9.17, 15) is 4.79 Å². The third-order valence-corrected chi connectivity index (χ3v) is 5.17. The molecule has 4 rings (SSSR count). The third-order valence-electron chi connectivity index (χ3n) is 5.17. The first-order valence-electron chi connectivity index (χ1n) is 9.62. The van der Waals surface area contributed by atoms with Gasteiger partial charge in [-0.15, -0.1) is 0 Å². The van der Waals surface area contributed by atoms with Gasteiger partial charge in [0, 0.05) is 43.0 Å². The molecule has 0 radical (unpaired) electrons. The van der Waals surface area contributed by atoms with Crippen LogP contribution >= 0.6 is 0 Å². The molecule has 5 nitrogen and oxygen atoms in total. The second kappa shape index (κ2) is 7.80. The summed E-state index contributed by atoms with van der Waals surface area (Å²) >= 11 is 0. The van der Waals surface area contributed by atoms with E-state index in [0.29, 0.717) is 5.56 Å². The van der Waals surface area contributed by atoms with Crippen molar-refractivity contribution in [1.82, 2.24) is 15.1 Å². The average Bonchev–Trinajstić information content (AvgIpc) is 2.74. The molecule has 0 saturated carbocycles. The van der Waals surface area contributed by atoms with Gasteiger partial charge in [0.25, 0.3) is 5.91 Å². The fourth-order valence-electron chi connectivity index (χ4n) is 3.47. The number of piperazine rings is 1. The number of amides is 1. The third kappa shape index (κ3) is 3.88. The van der Waals surface area contributed by atoms with Crippen LogP contribution in [0.2, 0.25) is 0 Å². The normalized spacial score (nSPS) is 14.2. The molecule has 0 N–H and O–H groups in total. The number of benzene rings is 2. The van der Waals surface area contributed by atoms with Crippen LogP contribution in [-0.2, 0) is 0 Å². The van der Waals surface area contributed by atoms with Gasteiger partial charge in [-0.1, -0.05) is 29.8 Å². The molecule has 0 atom stereocenters. The van der Waals surface area contributed by atoms with Crippen LogP contribution in [0.5, 0.6) is 0 Å². The minimum atomic E-state index is 0.0745. The summed E-state index contributed by atoms with van der Waals surface area (Å²) in [5, 5.41) is 8.34. The lowest BCUT2D eigenvalue weighted by Gasteiger charge is -2.36. The zero-order chi connectivity index (χ0) is 19.5. The van der Waals surface area contributed by atoms with Crippen LogP contribution in [0.3, 0.4) is 0 Å². The van der Waals surface area contributed by atoms with Crippen molar-refractivity contribution < 1.29 is 4.79 Å². The monoisotopic (exact) mass is 372 g/mol. The van der Waals surface area contributed by atoms with Gasteiger partial charge in [0.05, 0.1) is 11.4 Å². The molecule has 142 valence electrons. The Labute approximate surface area is 165 Å². The van der Waals surface area contributed by atoms with E-state index >= 15 is 0 Å². The largest absolute Gasteiger partial charge is 0.368 e. The molecule has 28 heavy (non-hydrogen) atoms. The lowest BCUT2D eigenvalue weighted by Crippen LogP contribution is -2.48. The Morgan fingerprint density at radius 1 is 0.857 bits per heavy atom. The van der Waals surface area contributed by atoms with Crippen molar-refractivity contribution in [1.29, 1.82) is 0 Å². The van der Waals surface area contributed by atoms with Crippen LogP contribution in [0.4, 0.5) is 5.69 Å². The van der Waals surface area contributed by atoms with E-state index in [2.05, 4.69) is 46.3 Å². The highest BCUT2D eigenvalue weighted by atomic mass is 16.2. The van der Waals surface area contributed by atoms with E-state index in [4.69, 9.17) is 0 Å². The van der Waals surface area contributed by atoms with Gasteiger partial charge in [-0.3, -0.25) is 4.79 Å². The van der Waals surface area contributed by atoms with Crippen molar-refractivity contribution >= 4 is 11.6 Å². The lowest BCUT2D eigenvalue weighted by molar-refractivity contribution is 0.0747. The Morgan fingerprint density at radius 3 is 2.29 bits per heavy atom. The molecule has 1 aromatic heterocycles. The summed E-state index contributed by atoms with van der Waals surface area (Å²) in [6.07, 6.45) is 0. The molecular weight excluding hydrogens is 348 g/mol. The first-order chi connectivity index (χ1) is 13.6. The van der Waals surface area contributed by atoms with Crippen molar-refractivity contribution in [3.8, 4) is 11.3 Å². The summed E-state index contributed by atoms with van der Waals surface area (Å²) in [7, 11) is 0. The molecule has 1 saturated heterocycles. The number of carbonyl (C=O) groups excluding carboxylic acids is 1. The minimum Gasteiger partial charge on any atom is -0.368 e. The van der Waals surface area contributed by atoms with Gasteiger partial charge in [-0.25, -0.2) is 0 Å². The smallest absolute Gasteiger partial charge is 0.253 e. The lowest BCUT2D eigenvalue weighted by atomic mass is 10.1. The number of hydrogen-bond acceptors (Lipinski definition) is 4. The highest BCUT2D eigenvalue weighted by Crippen LogP contribution is 2.21. The fourth-order valence-corrected chi connectivity index (χ4v) is 3.47. The van der Waals surface area contributed by atoms with E-state index in [-0.39, 0.29) is 5.91 Å². The van der Waals surface area contributed by atoms with Crippen LogP contribution < -0.4 is 4.90 Å². The van der Waals surface area contributed by atoms with E-state index in [1.165, 1.54) is 11.3 Å². The molecule has 5 heteroatoms. The standard InChI is InChI=1S/C23H24N4O/c1-17-6-9-21(10-7-17)26-12-14-27(15-13-26)23(28)20-5-3-4-19(16-20)22-11-8-18(2)24-25-22/h3-11,16H,12-15H2,1-2H3. The predicted molar refractivity (Wildman–Crippen MR) is 112 cm³/mol. The maximum absolute atomic E-state index is 13.0. The molecule has 0 spiro atoms. The van der Waals surface area contributed by atoms with Gasteiger partial charge in [-0.05, 0) is 50.2 Å². The van der Waals surface area contributed by atoms with Crippen LogP contribution in [0.25, 0.3) is 11.3 Å². The number of anilines is 1. The maximum atomic E-state index is 13.0. The van der Waals surface area contributed by atoms with Gasteiger partial charge in [0.1, 0.15) is 0 Å². The van der Waals surface area contributed by atoms with Crippen LogP contribution in [0.1, 0.15) is 21.6 Å². The maximum Gasteiger partial charge on any atom is 0.253 e. The van der Waals surface area contributed by atoms with Gasteiger partial charge in [-0.2, -0.15) is 10.2 Å². The van der Waals surface area contributed by atoms with Gasteiger partial charge < -0.3 is 9.80 Å². The Morgan fingerprint density at radius 2 is 1.61 bits per heavy atom. The number of carbonyl (C=O) groups is 1. The molecule has 0 aliphatic carbocycles. The summed E-state index contributed by atoms with van der Waals surface area (Å²) < 4.78 is 0. The van der Waals surface area contributed by atoms with Crippen molar-refractivity contribution in [2.45, 2.75) is 13.8 Å². The topological polar surface area (TPSA) is 49.3 Å². The summed E-state index contributed by atoms with van der Waals surface area (Å²) in [5.41, 5.74) is 5.75. The van der Waals surface area contributed by atoms with Gasteiger partial charge in [0.15, 0.2) is 0 Å². The first kappa shape index (κ1) is 18.2. The Bertz CT molecular complexity index is 959. The molecule has 0 bridgehead atoms. The second-order valence-electron chi connectivity index (χ2n) is 7.26. The van der Waals surface area contributed by atoms with Crippen molar-refractivity contribution in [2.75, 3.05) is 31.1 Å². The van der Waals surface area contributed by atoms with E-state index in [1.54, 1.807) is 0 Å². The summed E-state index contributed by atoms with van der Waals surface area (Å²) in [4.78, 5) is 17.3. The molecule has 2 heterocycles. The number of nitrogens with zero attached hydrogens (tertiary/aromatic N) is 4. The van der Waals surface area contributed by atoms with Crippen molar-refractivity contribution in [3.63, 3.8) is 0 Å². The van der Waals surface area contributed by atoms with E-state index in [0.717, 1.165) is 43.1 Å². The number of aryl methyl sites for hydroxylation is 2.